The fourth-order valence-corrected chi connectivity index (χ4v) is 2.82. The SMILES string of the molecule is Cc1cc2c(cc1NC(=O)N1CCCC[C@@H]1CO)OCO2. The Bertz CT molecular complexity index is 547. The number of piperidine rings is 1. The standard InChI is InChI=1S/C15H20N2O4/c1-10-6-13-14(21-9-20-13)7-12(10)16-15(19)17-5-3-2-4-11(17)8-18/h6-7,11,18H,2-5,8-9H2,1H3,(H,16,19)/t11-/m1/s1. The quantitative estimate of drug-likeness (QED) is 0.875. The number of carbonyl (C=O) groups is 1. The second-order valence-electron chi connectivity index (χ2n) is 5.48. The van der Waals surface area contributed by atoms with E-state index in [-0.39, 0.29) is 25.5 Å². The van der Waals surface area contributed by atoms with Gasteiger partial charge in [-0.1, -0.05) is 0 Å². The lowest BCUT2D eigenvalue weighted by Crippen LogP contribution is -2.47. The number of benzene rings is 1. The van der Waals surface area contributed by atoms with Gasteiger partial charge in [-0.15, -0.1) is 0 Å². The molecule has 6 heteroatoms. The number of aliphatic hydroxyl groups is 1. The van der Waals surface area contributed by atoms with Gasteiger partial charge in [-0.3, -0.25) is 0 Å². The highest BCUT2D eigenvalue weighted by Crippen LogP contribution is 2.36. The number of likely N-dealkylation sites (tertiary alicyclic amines) is 1. The topological polar surface area (TPSA) is 71.0 Å². The molecule has 2 N–H and O–H groups in total. The van der Waals surface area contributed by atoms with E-state index in [1.807, 2.05) is 13.0 Å². The number of urea groups is 1. The van der Waals surface area contributed by atoms with Crippen LogP contribution < -0.4 is 14.8 Å². The molecular formula is C15H20N2O4. The number of fused-ring (bicyclic) bond motifs is 1. The zero-order valence-electron chi connectivity index (χ0n) is 12.1. The molecule has 2 aliphatic rings. The van der Waals surface area contributed by atoms with Gasteiger partial charge in [0.1, 0.15) is 0 Å². The van der Waals surface area contributed by atoms with E-state index in [4.69, 9.17) is 9.47 Å². The lowest BCUT2D eigenvalue weighted by atomic mass is 10.0. The third kappa shape index (κ3) is 2.76. The van der Waals surface area contributed by atoms with Gasteiger partial charge in [0.15, 0.2) is 11.5 Å². The molecule has 21 heavy (non-hydrogen) atoms. The van der Waals surface area contributed by atoms with Crippen LogP contribution in [0.2, 0.25) is 0 Å². The van der Waals surface area contributed by atoms with Crippen molar-refractivity contribution in [2.24, 2.45) is 0 Å². The van der Waals surface area contributed by atoms with E-state index in [1.54, 1.807) is 11.0 Å². The molecule has 2 amide bonds. The van der Waals surface area contributed by atoms with Crippen LogP contribution in [0.3, 0.4) is 0 Å². The van der Waals surface area contributed by atoms with Gasteiger partial charge >= 0.3 is 6.03 Å². The average molecular weight is 292 g/mol. The molecule has 0 radical (unpaired) electrons. The minimum atomic E-state index is -0.171. The summed E-state index contributed by atoms with van der Waals surface area (Å²) in [6, 6.07) is 3.38. The molecule has 2 aliphatic heterocycles. The second kappa shape index (κ2) is 5.81. The van der Waals surface area contributed by atoms with Crippen molar-refractivity contribution in [3.05, 3.63) is 17.7 Å². The van der Waals surface area contributed by atoms with Crippen LogP contribution >= 0.6 is 0 Å². The molecule has 1 aromatic rings. The summed E-state index contributed by atoms with van der Waals surface area (Å²) in [7, 11) is 0. The smallest absolute Gasteiger partial charge is 0.322 e. The van der Waals surface area contributed by atoms with Crippen LogP contribution in [0.15, 0.2) is 12.1 Å². The highest BCUT2D eigenvalue weighted by molar-refractivity contribution is 5.91. The molecule has 0 spiro atoms. The van der Waals surface area contributed by atoms with Crippen LogP contribution in [-0.4, -0.2) is 42.0 Å². The number of ether oxygens (including phenoxy) is 2. The Labute approximate surface area is 123 Å². The van der Waals surface area contributed by atoms with Crippen LogP contribution in [0.5, 0.6) is 11.5 Å². The number of nitrogens with one attached hydrogen (secondary N) is 1. The van der Waals surface area contributed by atoms with E-state index in [2.05, 4.69) is 5.32 Å². The summed E-state index contributed by atoms with van der Waals surface area (Å²) in [6.07, 6.45) is 2.88. The zero-order valence-corrected chi connectivity index (χ0v) is 12.1. The second-order valence-corrected chi connectivity index (χ2v) is 5.48. The third-order valence-corrected chi connectivity index (χ3v) is 4.06. The van der Waals surface area contributed by atoms with Crippen LogP contribution in [0.25, 0.3) is 0 Å². The number of hydrogen-bond acceptors (Lipinski definition) is 4. The summed E-state index contributed by atoms with van der Waals surface area (Å²) in [5, 5.41) is 12.3. The molecule has 1 aromatic carbocycles. The maximum Gasteiger partial charge on any atom is 0.322 e. The molecule has 0 aromatic heterocycles. The van der Waals surface area contributed by atoms with E-state index in [9.17, 15) is 9.90 Å². The molecule has 3 rings (SSSR count). The van der Waals surface area contributed by atoms with Gasteiger partial charge in [0, 0.05) is 18.3 Å². The normalized spacial score (nSPS) is 20.5. The van der Waals surface area contributed by atoms with E-state index < -0.39 is 0 Å². The van der Waals surface area contributed by atoms with Gasteiger partial charge in [0.05, 0.1) is 12.6 Å². The monoisotopic (exact) mass is 292 g/mol. The summed E-state index contributed by atoms with van der Waals surface area (Å²) in [4.78, 5) is 14.1. The van der Waals surface area contributed by atoms with E-state index >= 15 is 0 Å². The number of aryl methyl sites for hydroxylation is 1. The first kappa shape index (κ1) is 14.0. The number of anilines is 1. The van der Waals surface area contributed by atoms with Crippen molar-refractivity contribution in [2.75, 3.05) is 25.3 Å². The molecule has 6 nitrogen and oxygen atoms in total. The minimum Gasteiger partial charge on any atom is -0.454 e. The van der Waals surface area contributed by atoms with Crippen molar-refractivity contribution >= 4 is 11.7 Å². The highest BCUT2D eigenvalue weighted by Gasteiger charge is 2.27. The number of carbonyl (C=O) groups excluding carboxylic acids is 1. The highest BCUT2D eigenvalue weighted by atomic mass is 16.7. The van der Waals surface area contributed by atoms with Crippen molar-refractivity contribution in [1.82, 2.24) is 4.90 Å². The van der Waals surface area contributed by atoms with E-state index in [0.29, 0.717) is 23.7 Å². The molecular weight excluding hydrogens is 272 g/mol. The minimum absolute atomic E-state index is 0.00748. The van der Waals surface area contributed by atoms with Gasteiger partial charge in [-0.25, -0.2) is 4.79 Å². The largest absolute Gasteiger partial charge is 0.454 e. The molecule has 114 valence electrons. The van der Waals surface area contributed by atoms with Gasteiger partial charge in [-0.2, -0.15) is 0 Å². The first-order chi connectivity index (χ1) is 10.2. The molecule has 0 bridgehead atoms. The van der Waals surface area contributed by atoms with Crippen LogP contribution in [0.4, 0.5) is 10.5 Å². The number of nitrogens with zero attached hydrogens (tertiary/aromatic N) is 1. The summed E-state index contributed by atoms with van der Waals surface area (Å²) >= 11 is 0. The van der Waals surface area contributed by atoms with Crippen molar-refractivity contribution < 1.29 is 19.4 Å². The molecule has 1 atom stereocenters. The predicted molar refractivity (Wildman–Crippen MR) is 77.8 cm³/mol. The summed E-state index contributed by atoms with van der Waals surface area (Å²) < 4.78 is 10.6. The van der Waals surface area contributed by atoms with Crippen molar-refractivity contribution in [2.45, 2.75) is 32.2 Å². The fourth-order valence-electron chi connectivity index (χ4n) is 2.82. The van der Waals surface area contributed by atoms with Gasteiger partial charge < -0.3 is 24.8 Å². The van der Waals surface area contributed by atoms with Crippen molar-refractivity contribution in [3.63, 3.8) is 0 Å². The first-order valence-corrected chi connectivity index (χ1v) is 7.28. The maximum atomic E-state index is 12.4. The fraction of sp³-hybridized carbons (Fsp3) is 0.533. The Morgan fingerprint density at radius 2 is 2.14 bits per heavy atom. The molecule has 0 aliphatic carbocycles. The van der Waals surface area contributed by atoms with E-state index in [0.717, 1.165) is 24.8 Å². The zero-order chi connectivity index (χ0) is 14.8. The molecule has 1 saturated heterocycles. The van der Waals surface area contributed by atoms with Crippen molar-refractivity contribution in [1.29, 1.82) is 0 Å². The number of amides is 2. The van der Waals surface area contributed by atoms with Gasteiger partial charge in [0.25, 0.3) is 0 Å². The Balaban J connectivity index is 1.75. The first-order valence-electron chi connectivity index (χ1n) is 7.28. The summed E-state index contributed by atoms with van der Waals surface area (Å²) in [5.41, 5.74) is 1.64. The third-order valence-electron chi connectivity index (χ3n) is 4.06. The van der Waals surface area contributed by atoms with Crippen molar-refractivity contribution in [3.8, 4) is 11.5 Å². The summed E-state index contributed by atoms with van der Waals surface area (Å²) in [6.45, 7) is 2.82. The van der Waals surface area contributed by atoms with Gasteiger partial charge in [-0.05, 0) is 37.8 Å². The van der Waals surface area contributed by atoms with Gasteiger partial charge in [0.2, 0.25) is 6.79 Å². The van der Waals surface area contributed by atoms with E-state index in [1.165, 1.54) is 0 Å². The maximum absolute atomic E-state index is 12.4. The van der Waals surface area contributed by atoms with Crippen LogP contribution in [0.1, 0.15) is 24.8 Å². The Morgan fingerprint density at radius 1 is 1.38 bits per heavy atom. The van der Waals surface area contributed by atoms with Crippen LogP contribution in [0, 0.1) is 6.92 Å². The number of rotatable bonds is 2. The van der Waals surface area contributed by atoms with Crippen LogP contribution in [-0.2, 0) is 0 Å². The lowest BCUT2D eigenvalue weighted by Gasteiger charge is -2.34. The lowest BCUT2D eigenvalue weighted by molar-refractivity contribution is 0.115. The Kier molecular flexibility index (Phi) is 3.88. The molecule has 0 unspecified atom stereocenters. The predicted octanol–water partition coefficient (Wildman–Crippen LogP) is 2.10. The molecule has 0 saturated carbocycles. The Hall–Kier alpha value is -1.95. The average Bonchev–Trinajstić information content (AvgIpc) is 2.94. The molecule has 2 heterocycles. The Morgan fingerprint density at radius 3 is 2.90 bits per heavy atom. The number of hydrogen-bond donors (Lipinski definition) is 2. The summed E-state index contributed by atoms with van der Waals surface area (Å²) in [5.74, 6) is 1.35. The number of aliphatic hydroxyl groups excluding tert-OH is 1. The molecule has 1 fully saturated rings.